The van der Waals surface area contributed by atoms with Gasteiger partial charge in [0.05, 0.1) is 6.07 Å². The van der Waals surface area contributed by atoms with Gasteiger partial charge in [-0.05, 0) is 37.0 Å². The van der Waals surface area contributed by atoms with Gasteiger partial charge in [-0.1, -0.05) is 28.1 Å². The Morgan fingerprint density at radius 3 is 2.88 bits per heavy atom. The van der Waals surface area contributed by atoms with Crippen molar-refractivity contribution in [1.29, 1.82) is 5.26 Å². The largest absolute Gasteiger partial charge is 0.298 e. The minimum Gasteiger partial charge on any atom is -0.298 e. The molecule has 1 aromatic carbocycles. The van der Waals surface area contributed by atoms with Gasteiger partial charge in [0.2, 0.25) is 0 Å². The van der Waals surface area contributed by atoms with E-state index in [0.717, 1.165) is 16.5 Å². The van der Waals surface area contributed by atoms with Crippen LogP contribution >= 0.6 is 15.9 Å². The monoisotopic (exact) mass is 277 g/mol. The van der Waals surface area contributed by atoms with Gasteiger partial charge in [-0.3, -0.25) is 4.79 Å². The molecule has 0 radical (unpaired) electrons. The summed E-state index contributed by atoms with van der Waals surface area (Å²) in [6.45, 7) is 0. The molecule has 0 aliphatic heterocycles. The van der Waals surface area contributed by atoms with Crippen LogP contribution in [0, 0.1) is 16.7 Å². The Bertz CT molecular complexity index is 463. The average Bonchev–Trinajstić information content (AvgIpc) is 2.61. The summed E-state index contributed by atoms with van der Waals surface area (Å²) in [4.78, 5) is 11.8. The predicted octanol–water partition coefficient (Wildman–Crippen LogP) is 3.25. The molecule has 1 aliphatic rings. The first-order valence-electron chi connectivity index (χ1n) is 5.35. The van der Waals surface area contributed by atoms with Gasteiger partial charge in [0.25, 0.3) is 0 Å². The second-order valence-corrected chi connectivity index (χ2v) is 5.19. The van der Waals surface area contributed by atoms with Crippen molar-refractivity contribution in [2.75, 3.05) is 0 Å². The molecule has 1 saturated carbocycles. The van der Waals surface area contributed by atoms with Crippen LogP contribution in [0.25, 0.3) is 0 Å². The fourth-order valence-corrected chi connectivity index (χ4v) is 2.72. The number of hydrogen-bond acceptors (Lipinski definition) is 2. The summed E-state index contributed by atoms with van der Waals surface area (Å²) in [5, 5.41) is 9.24. The molecule has 0 heterocycles. The molecule has 0 N–H and O–H groups in total. The van der Waals surface area contributed by atoms with Gasteiger partial charge >= 0.3 is 0 Å². The topological polar surface area (TPSA) is 40.9 Å². The van der Waals surface area contributed by atoms with Crippen LogP contribution in [0.4, 0.5) is 0 Å². The van der Waals surface area contributed by atoms with E-state index in [0.29, 0.717) is 19.3 Å². The molecule has 1 aromatic rings. The van der Waals surface area contributed by atoms with Crippen LogP contribution in [0.15, 0.2) is 28.7 Å². The van der Waals surface area contributed by atoms with Gasteiger partial charge in [0, 0.05) is 10.9 Å². The fourth-order valence-electron chi connectivity index (χ4n) is 2.27. The number of carbonyl (C=O) groups is 1. The zero-order valence-corrected chi connectivity index (χ0v) is 10.5. The van der Waals surface area contributed by atoms with Crippen LogP contribution < -0.4 is 0 Å². The molecular weight excluding hydrogens is 266 g/mol. The number of carbonyl (C=O) groups excluding carboxylic acids is 1. The van der Waals surface area contributed by atoms with E-state index >= 15 is 0 Å². The molecule has 0 aromatic heterocycles. The summed E-state index contributed by atoms with van der Waals surface area (Å²) in [6, 6.07) is 10.1. The molecule has 1 atom stereocenters. The van der Waals surface area contributed by atoms with E-state index in [-0.39, 0.29) is 5.78 Å². The Morgan fingerprint density at radius 1 is 1.50 bits per heavy atom. The van der Waals surface area contributed by atoms with Crippen molar-refractivity contribution in [1.82, 2.24) is 0 Å². The van der Waals surface area contributed by atoms with Crippen molar-refractivity contribution in [2.45, 2.75) is 25.7 Å². The summed E-state index contributed by atoms with van der Waals surface area (Å²) in [6.07, 6.45) is 2.65. The maximum atomic E-state index is 11.8. The molecule has 3 heteroatoms. The van der Waals surface area contributed by atoms with Crippen LogP contribution in [-0.4, -0.2) is 5.78 Å². The number of halogens is 1. The van der Waals surface area contributed by atoms with E-state index in [2.05, 4.69) is 22.0 Å². The van der Waals surface area contributed by atoms with Gasteiger partial charge in [0.15, 0.2) is 5.78 Å². The molecule has 16 heavy (non-hydrogen) atoms. The van der Waals surface area contributed by atoms with Crippen LogP contribution in [0.5, 0.6) is 0 Å². The Morgan fingerprint density at radius 2 is 2.31 bits per heavy atom. The van der Waals surface area contributed by atoms with Crippen LogP contribution in [0.3, 0.4) is 0 Å². The zero-order chi connectivity index (χ0) is 11.6. The molecule has 2 nitrogen and oxygen atoms in total. The number of ketones is 1. The third kappa shape index (κ3) is 2.03. The molecule has 1 aliphatic carbocycles. The zero-order valence-electron chi connectivity index (χ0n) is 8.87. The van der Waals surface area contributed by atoms with Crippen molar-refractivity contribution in [2.24, 2.45) is 5.41 Å². The molecule has 1 unspecified atom stereocenters. The summed E-state index contributed by atoms with van der Waals surface area (Å²) < 4.78 is 0.989. The predicted molar refractivity (Wildman–Crippen MR) is 64.8 cm³/mol. The Balaban J connectivity index is 2.26. The van der Waals surface area contributed by atoms with Crippen molar-refractivity contribution in [3.05, 3.63) is 34.3 Å². The lowest BCUT2D eigenvalue weighted by Gasteiger charge is -2.18. The van der Waals surface area contributed by atoms with E-state index < -0.39 is 5.41 Å². The molecule has 0 saturated heterocycles. The first kappa shape index (κ1) is 11.3. The Hall–Kier alpha value is -1.14. The molecule has 0 spiro atoms. The molecule has 2 rings (SSSR count). The highest BCUT2D eigenvalue weighted by atomic mass is 79.9. The van der Waals surface area contributed by atoms with Crippen molar-refractivity contribution in [3.63, 3.8) is 0 Å². The molecule has 0 amide bonds. The van der Waals surface area contributed by atoms with Gasteiger partial charge < -0.3 is 0 Å². The van der Waals surface area contributed by atoms with E-state index in [1.54, 1.807) is 0 Å². The number of nitriles is 1. The van der Waals surface area contributed by atoms with Crippen LogP contribution in [0.2, 0.25) is 0 Å². The molecular formula is C13H12BrNO. The third-order valence-electron chi connectivity index (χ3n) is 3.15. The SMILES string of the molecule is N#CC1(Cc2cccc(Br)c2)CCCC1=O. The third-order valence-corrected chi connectivity index (χ3v) is 3.64. The lowest BCUT2D eigenvalue weighted by Crippen LogP contribution is -2.26. The van der Waals surface area contributed by atoms with Crippen molar-refractivity contribution < 1.29 is 4.79 Å². The number of hydrogen-bond donors (Lipinski definition) is 0. The smallest absolute Gasteiger partial charge is 0.153 e. The van der Waals surface area contributed by atoms with E-state index in [4.69, 9.17) is 0 Å². The summed E-state index contributed by atoms with van der Waals surface area (Å²) in [5.41, 5.74) is 0.284. The number of nitrogens with zero attached hydrogens (tertiary/aromatic N) is 1. The van der Waals surface area contributed by atoms with Gasteiger partial charge in [0.1, 0.15) is 5.41 Å². The molecule has 0 bridgehead atoms. The lowest BCUT2D eigenvalue weighted by atomic mass is 9.81. The highest BCUT2D eigenvalue weighted by molar-refractivity contribution is 9.10. The normalized spacial score (nSPS) is 24.4. The Labute approximate surface area is 103 Å². The Kier molecular flexibility index (Phi) is 3.11. The van der Waals surface area contributed by atoms with Gasteiger partial charge in [-0.15, -0.1) is 0 Å². The quantitative estimate of drug-likeness (QED) is 0.833. The molecule has 82 valence electrons. The van der Waals surface area contributed by atoms with Crippen LogP contribution in [0.1, 0.15) is 24.8 Å². The van der Waals surface area contributed by atoms with Gasteiger partial charge in [-0.2, -0.15) is 5.26 Å². The van der Waals surface area contributed by atoms with E-state index in [1.807, 2.05) is 24.3 Å². The minimum absolute atomic E-state index is 0.106. The van der Waals surface area contributed by atoms with Gasteiger partial charge in [-0.25, -0.2) is 0 Å². The van der Waals surface area contributed by atoms with E-state index in [1.165, 1.54) is 0 Å². The maximum Gasteiger partial charge on any atom is 0.153 e. The van der Waals surface area contributed by atoms with Crippen LogP contribution in [-0.2, 0) is 11.2 Å². The van der Waals surface area contributed by atoms with E-state index in [9.17, 15) is 10.1 Å². The fraction of sp³-hybridized carbons (Fsp3) is 0.385. The summed E-state index contributed by atoms with van der Waals surface area (Å²) in [5.74, 6) is 0.106. The highest BCUT2D eigenvalue weighted by Crippen LogP contribution is 2.37. The number of benzene rings is 1. The first-order chi connectivity index (χ1) is 7.66. The number of Topliss-reactive ketones (excluding diaryl/α,β-unsaturated/α-hetero) is 1. The summed E-state index contributed by atoms with van der Waals surface area (Å²) >= 11 is 3.40. The summed E-state index contributed by atoms with van der Waals surface area (Å²) in [7, 11) is 0. The minimum atomic E-state index is -0.763. The first-order valence-corrected chi connectivity index (χ1v) is 6.15. The highest BCUT2D eigenvalue weighted by Gasteiger charge is 2.42. The number of rotatable bonds is 2. The standard InChI is InChI=1S/C13H12BrNO/c14-11-4-1-3-10(7-11)8-13(9-15)6-2-5-12(13)16/h1,3-4,7H,2,5-6,8H2. The average molecular weight is 278 g/mol. The second kappa shape index (κ2) is 4.39. The lowest BCUT2D eigenvalue weighted by molar-refractivity contribution is -0.123. The maximum absolute atomic E-state index is 11.8. The second-order valence-electron chi connectivity index (χ2n) is 4.28. The van der Waals surface area contributed by atoms with Crippen molar-refractivity contribution >= 4 is 21.7 Å². The molecule has 1 fully saturated rings. The van der Waals surface area contributed by atoms with Crippen molar-refractivity contribution in [3.8, 4) is 6.07 Å².